The molecule has 0 aromatic heterocycles. The molecule has 3 N–H and O–H groups in total. The first kappa shape index (κ1) is 17.0. The Morgan fingerprint density at radius 2 is 1.90 bits per heavy atom. The number of aliphatic carboxylic acids is 1. The van der Waals surface area contributed by atoms with Gasteiger partial charge in [-0.1, -0.05) is 19.3 Å². The first-order valence-corrected chi connectivity index (χ1v) is 7.71. The average molecular weight is 284 g/mol. The summed E-state index contributed by atoms with van der Waals surface area (Å²) in [6.45, 7) is 4.45. The van der Waals surface area contributed by atoms with Gasteiger partial charge in [-0.25, -0.2) is 0 Å². The summed E-state index contributed by atoms with van der Waals surface area (Å²) in [7, 11) is 0. The third-order valence-electron chi connectivity index (χ3n) is 4.08. The Bertz CT molecular complexity index is 331. The SMILES string of the molecule is CC(C)N(CCCC(=O)O)C(=O)C1CCCCCC1N. The number of carbonyl (C=O) groups excluding carboxylic acids is 1. The van der Waals surface area contributed by atoms with Crippen LogP contribution in [0.15, 0.2) is 0 Å². The van der Waals surface area contributed by atoms with Crippen LogP contribution in [0.5, 0.6) is 0 Å². The van der Waals surface area contributed by atoms with E-state index in [0.717, 1.165) is 32.1 Å². The fourth-order valence-electron chi connectivity index (χ4n) is 2.88. The monoisotopic (exact) mass is 284 g/mol. The van der Waals surface area contributed by atoms with Crippen molar-refractivity contribution in [3.63, 3.8) is 0 Å². The molecule has 0 radical (unpaired) electrons. The Kier molecular flexibility index (Phi) is 6.99. The number of nitrogens with zero attached hydrogens (tertiary/aromatic N) is 1. The van der Waals surface area contributed by atoms with Crippen LogP contribution in [-0.4, -0.2) is 40.5 Å². The van der Waals surface area contributed by atoms with E-state index in [0.29, 0.717) is 13.0 Å². The fraction of sp³-hybridized carbons (Fsp3) is 0.867. The number of hydrogen-bond acceptors (Lipinski definition) is 3. The zero-order valence-corrected chi connectivity index (χ0v) is 12.7. The van der Waals surface area contributed by atoms with Crippen molar-refractivity contribution in [1.29, 1.82) is 0 Å². The number of carboxylic acid groups (broad SMARTS) is 1. The van der Waals surface area contributed by atoms with Crippen molar-refractivity contribution >= 4 is 11.9 Å². The van der Waals surface area contributed by atoms with Crippen LogP contribution in [0.2, 0.25) is 0 Å². The molecule has 2 atom stereocenters. The second-order valence-corrected chi connectivity index (χ2v) is 6.03. The van der Waals surface area contributed by atoms with Crippen LogP contribution in [0.25, 0.3) is 0 Å². The molecule has 1 aliphatic rings. The van der Waals surface area contributed by atoms with E-state index >= 15 is 0 Å². The number of carbonyl (C=O) groups is 2. The minimum Gasteiger partial charge on any atom is -0.481 e. The normalized spacial score (nSPS) is 23.4. The second kappa shape index (κ2) is 8.25. The van der Waals surface area contributed by atoms with Gasteiger partial charge >= 0.3 is 5.97 Å². The maximum absolute atomic E-state index is 12.7. The van der Waals surface area contributed by atoms with Crippen molar-refractivity contribution in [2.24, 2.45) is 11.7 Å². The molecule has 0 aliphatic heterocycles. The summed E-state index contributed by atoms with van der Waals surface area (Å²) in [5.74, 6) is -0.795. The van der Waals surface area contributed by atoms with Gasteiger partial charge in [0.1, 0.15) is 0 Å². The van der Waals surface area contributed by atoms with Crippen LogP contribution >= 0.6 is 0 Å². The van der Waals surface area contributed by atoms with Crippen molar-refractivity contribution in [3.8, 4) is 0 Å². The summed E-state index contributed by atoms with van der Waals surface area (Å²) >= 11 is 0. The molecule has 20 heavy (non-hydrogen) atoms. The lowest BCUT2D eigenvalue weighted by atomic mass is 9.93. The van der Waals surface area contributed by atoms with E-state index in [1.165, 1.54) is 0 Å². The Labute approximate surface area is 121 Å². The highest BCUT2D eigenvalue weighted by Gasteiger charge is 2.31. The Balaban J connectivity index is 2.64. The summed E-state index contributed by atoms with van der Waals surface area (Å²) < 4.78 is 0. The quantitative estimate of drug-likeness (QED) is 0.731. The van der Waals surface area contributed by atoms with Crippen molar-refractivity contribution in [2.45, 2.75) is 70.9 Å². The van der Waals surface area contributed by atoms with Gasteiger partial charge in [-0.2, -0.15) is 0 Å². The summed E-state index contributed by atoms with van der Waals surface area (Å²) in [5.41, 5.74) is 6.15. The molecule has 0 bridgehead atoms. The number of carboxylic acids is 1. The largest absolute Gasteiger partial charge is 0.481 e. The smallest absolute Gasteiger partial charge is 0.303 e. The molecule has 0 aromatic rings. The first-order chi connectivity index (χ1) is 9.43. The minimum atomic E-state index is -0.813. The van der Waals surface area contributed by atoms with E-state index < -0.39 is 5.97 Å². The van der Waals surface area contributed by atoms with E-state index in [1.54, 1.807) is 4.90 Å². The highest BCUT2D eigenvalue weighted by atomic mass is 16.4. The molecule has 0 heterocycles. The zero-order chi connectivity index (χ0) is 15.1. The summed E-state index contributed by atoms with van der Waals surface area (Å²) in [4.78, 5) is 25.1. The molecule has 5 heteroatoms. The molecule has 2 unspecified atom stereocenters. The van der Waals surface area contributed by atoms with E-state index in [4.69, 9.17) is 10.8 Å². The number of amides is 1. The van der Waals surface area contributed by atoms with Gasteiger partial charge in [-0.15, -0.1) is 0 Å². The molecule has 116 valence electrons. The summed E-state index contributed by atoms with van der Waals surface area (Å²) in [6.07, 6.45) is 5.70. The van der Waals surface area contributed by atoms with Gasteiger partial charge in [0.2, 0.25) is 5.91 Å². The number of hydrogen-bond donors (Lipinski definition) is 2. The molecular weight excluding hydrogens is 256 g/mol. The van der Waals surface area contributed by atoms with Gasteiger partial charge in [-0.3, -0.25) is 9.59 Å². The summed E-state index contributed by atoms with van der Waals surface area (Å²) in [6, 6.07) is 0.0393. The standard InChI is InChI=1S/C15H28N2O3/c1-11(2)17(10-6-9-14(18)19)15(20)12-7-4-3-5-8-13(12)16/h11-13H,3-10,16H2,1-2H3,(H,18,19). The number of nitrogens with two attached hydrogens (primary N) is 1. The Hall–Kier alpha value is -1.10. The lowest BCUT2D eigenvalue weighted by Gasteiger charge is -2.32. The van der Waals surface area contributed by atoms with Crippen molar-refractivity contribution < 1.29 is 14.7 Å². The van der Waals surface area contributed by atoms with Crippen LogP contribution in [0.3, 0.4) is 0 Å². The molecular formula is C15H28N2O3. The molecule has 1 amide bonds. The molecule has 0 spiro atoms. The third kappa shape index (κ3) is 5.12. The van der Waals surface area contributed by atoms with E-state index in [9.17, 15) is 9.59 Å². The molecule has 0 aromatic carbocycles. The van der Waals surface area contributed by atoms with Crippen LogP contribution in [-0.2, 0) is 9.59 Å². The van der Waals surface area contributed by atoms with Gasteiger partial charge in [-0.05, 0) is 33.1 Å². The van der Waals surface area contributed by atoms with Gasteiger partial charge in [0.25, 0.3) is 0 Å². The van der Waals surface area contributed by atoms with E-state index in [2.05, 4.69) is 0 Å². The van der Waals surface area contributed by atoms with Gasteiger partial charge in [0.15, 0.2) is 0 Å². The molecule has 1 saturated carbocycles. The third-order valence-corrected chi connectivity index (χ3v) is 4.08. The summed E-state index contributed by atoms with van der Waals surface area (Å²) in [5, 5.41) is 8.71. The molecule has 1 aliphatic carbocycles. The van der Waals surface area contributed by atoms with E-state index in [-0.39, 0.29) is 30.3 Å². The predicted molar refractivity (Wildman–Crippen MR) is 78.3 cm³/mol. The lowest BCUT2D eigenvalue weighted by Crippen LogP contribution is -2.47. The minimum absolute atomic E-state index is 0.0503. The van der Waals surface area contributed by atoms with Crippen LogP contribution in [0.1, 0.15) is 58.8 Å². The molecule has 1 fully saturated rings. The highest BCUT2D eigenvalue weighted by Crippen LogP contribution is 2.25. The maximum atomic E-state index is 12.7. The molecule has 0 saturated heterocycles. The number of rotatable bonds is 6. The fourth-order valence-corrected chi connectivity index (χ4v) is 2.88. The van der Waals surface area contributed by atoms with Crippen LogP contribution in [0, 0.1) is 5.92 Å². The van der Waals surface area contributed by atoms with Gasteiger partial charge in [0.05, 0.1) is 5.92 Å². The predicted octanol–water partition coefficient (Wildman–Crippen LogP) is 2.00. The average Bonchev–Trinajstić information content (AvgIpc) is 2.58. The van der Waals surface area contributed by atoms with Crippen LogP contribution in [0.4, 0.5) is 0 Å². The van der Waals surface area contributed by atoms with Gasteiger partial charge in [0, 0.05) is 25.0 Å². The van der Waals surface area contributed by atoms with Gasteiger partial charge < -0.3 is 15.7 Å². The highest BCUT2D eigenvalue weighted by molar-refractivity contribution is 5.80. The first-order valence-electron chi connectivity index (χ1n) is 7.71. The topological polar surface area (TPSA) is 83.6 Å². The van der Waals surface area contributed by atoms with E-state index in [1.807, 2.05) is 13.8 Å². The Morgan fingerprint density at radius 1 is 1.25 bits per heavy atom. The second-order valence-electron chi connectivity index (χ2n) is 6.03. The Morgan fingerprint density at radius 3 is 2.50 bits per heavy atom. The van der Waals surface area contributed by atoms with Crippen molar-refractivity contribution in [3.05, 3.63) is 0 Å². The van der Waals surface area contributed by atoms with Crippen LogP contribution < -0.4 is 5.73 Å². The molecule has 1 rings (SSSR count). The molecule has 5 nitrogen and oxygen atoms in total. The lowest BCUT2D eigenvalue weighted by molar-refractivity contribution is -0.140. The van der Waals surface area contributed by atoms with Crippen molar-refractivity contribution in [1.82, 2.24) is 4.90 Å². The van der Waals surface area contributed by atoms with Crippen molar-refractivity contribution in [2.75, 3.05) is 6.54 Å². The zero-order valence-electron chi connectivity index (χ0n) is 12.7. The maximum Gasteiger partial charge on any atom is 0.303 e.